The monoisotopic (exact) mass is 403 g/mol. The second-order valence-corrected chi connectivity index (χ2v) is 6.62. The molecule has 3 aromatic rings. The third kappa shape index (κ3) is 4.92. The average Bonchev–Trinajstić information content (AvgIpc) is 3.11. The number of amides is 2. The SMILES string of the molecule is CC(=O)Nc1cccc(-n2cnnc2SCC(=O)Nc2ccc(F)cc2F)c1. The van der Waals surface area contributed by atoms with Crippen LogP contribution in [0.3, 0.4) is 0 Å². The van der Waals surface area contributed by atoms with Crippen LogP contribution in [0.25, 0.3) is 5.69 Å². The van der Waals surface area contributed by atoms with Gasteiger partial charge in [0.15, 0.2) is 5.16 Å². The van der Waals surface area contributed by atoms with E-state index in [1.165, 1.54) is 13.3 Å². The number of halogens is 2. The van der Waals surface area contributed by atoms with Crippen molar-refractivity contribution < 1.29 is 18.4 Å². The molecule has 0 spiro atoms. The molecule has 0 aliphatic heterocycles. The molecule has 0 unspecified atom stereocenters. The molecular weight excluding hydrogens is 388 g/mol. The van der Waals surface area contributed by atoms with Crippen molar-refractivity contribution in [3.8, 4) is 5.69 Å². The van der Waals surface area contributed by atoms with Gasteiger partial charge in [-0.25, -0.2) is 8.78 Å². The van der Waals surface area contributed by atoms with Crippen LogP contribution in [0.15, 0.2) is 53.9 Å². The van der Waals surface area contributed by atoms with Gasteiger partial charge in [0.2, 0.25) is 11.8 Å². The summed E-state index contributed by atoms with van der Waals surface area (Å²) in [7, 11) is 0. The highest BCUT2D eigenvalue weighted by molar-refractivity contribution is 7.99. The van der Waals surface area contributed by atoms with Gasteiger partial charge in [-0.3, -0.25) is 14.2 Å². The predicted molar refractivity (Wildman–Crippen MR) is 101 cm³/mol. The normalized spacial score (nSPS) is 10.5. The summed E-state index contributed by atoms with van der Waals surface area (Å²) in [5, 5.41) is 13.3. The van der Waals surface area contributed by atoms with Gasteiger partial charge in [-0.2, -0.15) is 0 Å². The number of hydrogen-bond donors (Lipinski definition) is 2. The number of hydrogen-bond acceptors (Lipinski definition) is 5. The molecule has 1 heterocycles. The fraction of sp³-hybridized carbons (Fsp3) is 0.111. The molecule has 1 aromatic heterocycles. The number of aromatic nitrogens is 3. The van der Waals surface area contributed by atoms with Crippen LogP contribution in [0.5, 0.6) is 0 Å². The van der Waals surface area contributed by atoms with Crippen molar-refractivity contribution >= 4 is 35.0 Å². The molecule has 0 fully saturated rings. The zero-order valence-corrected chi connectivity index (χ0v) is 15.5. The molecule has 3 rings (SSSR count). The van der Waals surface area contributed by atoms with E-state index in [1.54, 1.807) is 28.8 Å². The maximum Gasteiger partial charge on any atom is 0.234 e. The van der Waals surface area contributed by atoms with Crippen LogP contribution in [0.4, 0.5) is 20.2 Å². The molecule has 28 heavy (non-hydrogen) atoms. The Hall–Kier alpha value is -3.27. The molecule has 2 N–H and O–H groups in total. The summed E-state index contributed by atoms with van der Waals surface area (Å²) in [6, 6.07) is 9.95. The van der Waals surface area contributed by atoms with Crippen LogP contribution >= 0.6 is 11.8 Å². The van der Waals surface area contributed by atoms with E-state index in [-0.39, 0.29) is 17.3 Å². The number of nitrogens with zero attached hydrogens (tertiary/aromatic N) is 3. The smallest absolute Gasteiger partial charge is 0.234 e. The molecule has 10 heteroatoms. The van der Waals surface area contributed by atoms with Gasteiger partial charge < -0.3 is 10.6 Å². The van der Waals surface area contributed by atoms with Crippen molar-refractivity contribution in [3.63, 3.8) is 0 Å². The Morgan fingerprint density at radius 1 is 1.14 bits per heavy atom. The molecule has 0 bridgehead atoms. The van der Waals surface area contributed by atoms with Gasteiger partial charge >= 0.3 is 0 Å². The topological polar surface area (TPSA) is 88.9 Å². The van der Waals surface area contributed by atoms with Gasteiger partial charge in [0, 0.05) is 18.7 Å². The first-order chi connectivity index (χ1) is 13.4. The fourth-order valence-corrected chi connectivity index (χ4v) is 3.07. The molecule has 144 valence electrons. The van der Waals surface area contributed by atoms with Gasteiger partial charge in [0.25, 0.3) is 0 Å². The highest BCUT2D eigenvalue weighted by atomic mass is 32.2. The minimum atomic E-state index is -0.851. The summed E-state index contributed by atoms with van der Waals surface area (Å²) in [4.78, 5) is 23.3. The number of thioether (sulfide) groups is 1. The van der Waals surface area contributed by atoms with Crippen LogP contribution in [-0.2, 0) is 9.59 Å². The average molecular weight is 403 g/mol. The van der Waals surface area contributed by atoms with Crippen LogP contribution in [-0.4, -0.2) is 32.3 Å². The molecule has 2 amide bonds. The largest absolute Gasteiger partial charge is 0.326 e. The fourth-order valence-electron chi connectivity index (χ4n) is 2.34. The summed E-state index contributed by atoms with van der Waals surface area (Å²) >= 11 is 1.10. The number of rotatable bonds is 6. The van der Waals surface area contributed by atoms with Crippen LogP contribution < -0.4 is 10.6 Å². The molecule has 0 aliphatic carbocycles. The number of carbonyl (C=O) groups excluding carboxylic acids is 2. The molecule has 0 saturated heterocycles. The van der Waals surface area contributed by atoms with Gasteiger partial charge in [-0.05, 0) is 30.3 Å². The molecular formula is C18H15F2N5O2S. The van der Waals surface area contributed by atoms with Crippen LogP contribution in [0.1, 0.15) is 6.92 Å². The van der Waals surface area contributed by atoms with E-state index in [1.807, 2.05) is 0 Å². The van der Waals surface area contributed by atoms with E-state index in [9.17, 15) is 18.4 Å². The van der Waals surface area contributed by atoms with Gasteiger partial charge in [-0.15, -0.1) is 10.2 Å². The summed E-state index contributed by atoms with van der Waals surface area (Å²) in [5.74, 6) is -2.30. The Balaban J connectivity index is 1.67. The number of nitrogens with one attached hydrogen (secondary N) is 2. The summed E-state index contributed by atoms with van der Waals surface area (Å²) in [6.45, 7) is 1.41. The van der Waals surface area contributed by atoms with Gasteiger partial charge in [0.1, 0.15) is 18.0 Å². The maximum atomic E-state index is 13.6. The highest BCUT2D eigenvalue weighted by Crippen LogP contribution is 2.22. The first-order valence-electron chi connectivity index (χ1n) is 8.08. The summed E-state index contributed by atoms with van der Waals surface area (Å²) in [5.41, 5.74) is 1.21. The molecule has 2 aromatic carbocycles. The van der Waals surface area contributed by atoms with E-state index < -0.39 is 17.5 Å². The van der Waals surface area contributed by atoms with E-state index in [0.29, 0.717) is 22.6 Å². The Bertz CT molecular complexity index is 1020. The van der Waals surface area contributed by atoms with Crippen molar-refractivity contribution in [2.24, 2.45) is 0 Å². The van der Waals surface area contributed by atoms with Crippen molar-refractivity contribution in [2.75, 3.05) is 16.4 Å². The maximum absolute atomic E-state index is 13.6. The minimum Gasteiger partial charge on any atom is -0.326 e. The van der Waals surface area contributed by atoms with E-state index in [2.05, 4.69) is 20.8 Å². The van der Waals surface area contributed by atoms with E-state index in [0.717, 1.165) is 23.9 Å². The molecule has 0 aliphatic rings. The van der Waals surface area contributed by atoms with Crippen molar-refractivity contribution in [1.29, 1.82) is 0 Å². The lowest BCUT2D eigenvalue weighted by Gasteiger charge is -2.09. The molecule has 0 radical (unpaired) electrons. The Kier molecular flexibility index (Phi) is 5.99. The summed E-state index contributed by atoms with van der Waals surface area (Å²) in [6.07, 6.45) is 1.48. The predicted octanol–water partition coefficient (Wildman–Crippen LogP) is 3.23. The Morgan fingerprint density at radius 3 is 2.71 bits per heavy atom. The van der Waals surface area contributed by atoms with Gasteiger partial charge in [0.05, 0.1) is 17.1 Å². The quantitative estimate of drug-likeness (QED) is 0.617. The van der Waals surface area contributed by atoms with Crippen molar-refractivity contribution in [1.82, 2.24) is 14.8 Å². The first kappa shape index (κ1) is 19.5. The zero-order chi connectivity index (χ0) is 20.1. The van der Waals surface area contributed by atoms with E-state index >= 15 is 0 Å². The molecule has 0 saturated carbocycles. The van der Waals surface area contributed by atoms with Crippen molar-refractivity contribution in [2.45, 2.75) is 12.1 Å². The Labute approximate surface area is 163 Å². The van der Waals surface area contributed by atoms with Crippen molar-refractivity contribution in [3.05, 3.63) is 60.4 Å². The lowest BCUT2D eigenvalue weighted by atomic mass is 10.2. The highest BCUT2D eigenvalue weighted by Gasteiger charge is 2.13. The third-order valence-electron chi connectivity index (χ3n) is 3.50. The minimum absolute atomic E-state index is 0.0547. The number of benzene rings is 2. The first-order valence-corrected chi connectivity index (χ1v) is 9.06. The lowest BCUT2D eigenvalue weighted by molar-refractivity contribution is -0.114. The second-order valence-electron chi connectivity index (χ2n) is 5.68. The standard InChI is InChI=1S/C18H15F2N5O2S/c1-11(26)22-13-3-2-4-14(8-13)25-10-21-24-18(25)28-9-17(27)23-16-6-5-12(19)7-15(16)20/h2-8,10H,9H2,1H3,(H,22,26)(H,23,27). The number of carbonyl (C=O) groups is 2. The lowest BCUT2D eigenvalue weighted by Crippen LogP contribution is -2.15. The zero-order valence-electron chi connectivity index (χ0n) is 14.6. The second kappa shape index (κ2) is 8.61. The van der Waals surface area contributed by atoms with E-state index in [4.69, 9.17) is 0 Å². The van der Waals surface area contributed by atoms with Gasteiger partial charge in [-0.1, -0.05) is 17.8 Å². The van der Waals surface area contributed by atoms with Crippen LogP contribution in [0.2, 0.25) is 0 Å². The summed E-state index contributed by atoms with van der Waals surface area (Å²) < 4.78 is 28.2. The number of anilines is 2. The molecule has 0 atom stereocenters. The Morgan fingerprint density at radius 2 is 1.96 bits per heavy atom. The molecule has 7 nitrogen and oxygen atoms in total. The third-order valence-corrected chi connectivity index (χ3v) is 4.44. The van der Waals surface area contributed by atoms with Crippen LogP contribution in [0, 0.1) is 11.6 Å².